The lowest BCUT2D eigenvalue weighted by Crippen LogP contribution is -2.44. The fraction of sp³-hybridized carbons (Fsp3) is 0.259. The van der Waals surface area contributed by atoms with E-state index >= 15 is 0 Å². The third-order valence-corrected chi connectivity index (χ3v) is 5.78. The van der Waals surface area contributed by atoms with Gasteiger partial charge in [-0.1, -0.05) is 44.5 Å². The fourth-order valence-electron chi connectivity index (χ4n) is 3.66. The Labute approximate surface area is 203 Å². The molecule has 2 atom stereocenters. The highest BCUT2D eigenvalue weighted by molar-refractivity contribution is 6.30. The zero-order valence-corrected chi connectivity index (χ0v) is 20.3. The van der Waals surface area contributed by atoms with Gasteiger partial charge in [-0.25, -0.2) is 9.07 Å². The van der Waals surface area contributed by atoms with Gasteiger partial charge >= 0.3 is 0 Å². The van der Waals surface area contributed by atoms with Crippen molar-refractivity contribution in [1.29, 1.82) is 0 Å². The fourth-order valence-corrected chi connectivity index (χ4v) is 3.86. The number of rotatable bonds is 6. The van der Waals surface area contributed by atoms with Crippen molar-refractivity contribution in [3.63, 3.8) is 0 Å². The second-order valence-electron chi connectivity index (χ2n) is 9.36. The molecule has 0 saturated heterocycles. The van der Waals surface area contributed by atoms with E-state index in [1.807, 2.05) is 64.1 Å². The molecule has 4 rings (SSSR count). The van der Waals surface area contributed by atoms with Crippen LogP contribution in [0.5, 0.6) is 5.75 Å². The number of aromatic nitrogens is 2. The molecule has 0 aliphatic heterocycles. The number of benzene rings is 3. The Balaban J connectivity index is 1.64. The van der Waals surface area contributed by atoms with Crippen LogP contribution in [0.2, 0.25) is 5.02 Å². The van der Waals surface area contributed by atoms with Gasteiger partial charge < -0.3 is 10.1 Å². The summed E-state index contributed by atoms with van der Waals surface area (Å²) in [6, 6.07) is 19.0. The highest BCUT2D eigenvalue weighted by atomic mass is 35.5. The summed E-state index contributed by atoms with van der Waals surface area (Å²) in [7, 11) is 0. The van der Waals surface area contributed by atoms with Crippen molar-refractivity contribution in [2.75, 3.05) is 0 Å². The number of ether oxygens (including phenoxy) is 1. The molecular formula is C27H27ClFN3O2. The highest BCUT2D eigenvalue weighted by Gasteiger charge is 2.28. The normalized spacial score (nSPS) is 13.5. The number of carbonyl (C=O) groups is 1. The molecule has 0 aliphatic rings. The summed E-state index contributed by atoms with van der Waals surface area (Å²) < 4.78 is 21.5. The summed E-state index contributed by atoms with van der Waals surface area (Å²) in [4.78, 5) is 12.6. The summed E-state index contributed by atoms with van der Waals surface area (Å²) in [6.45, 7) is 7.53. The minimum Gasteiger partial charge on any atom is -0.484 e. The molecule has 0 fully saturated rings. The monoisotopic (exact) mass is 479 g/mol. The van der Waals surface area contributed by atoms with Gasteiger partial charge in [0.05, 0.1) is 23.4 Å². The molecule has 0 aliphatic carbocycles. The first-order valence-electron chi connectivity index (χ1n) is 11.1. The molecule has 7 heteroatoms. The van der Waals surface area contributed by atoms with Gasteiger partial charge in [-0.2, -0.15) is 5.10 Å². The van der Waals surface area contributed by atoms with Gasteiger partial charge in [-0.05, 0) is 67.1 Å². The number of carbonyl (C=O) groups excluding carboxylic acids is 1. The molecule has 0 bridgehead atoms. The topological polar surface area (TPSA) is 56.1 Å². The number of halogens is 2. The van der Waals surface area contributed by atoms with Crippen molar-refractivity contribution in [3.8, 4) is 11.4 Å². The van der Waals surface area contributed by atoms with E-state index in [-0.39, 0.29) is 17.8 Å². The zero-order valence-electron chi connectivity index (χ0n) is 19.5. The van der Waals surface area contributed by atoms with Crippen LogP contribution in [-0.4, -0.2) is 21.7 Å². The van der Waals surface area contributed by atoms with E-state index in [9.17, 15) is 9.18 Å². The third kappa shape index (κ3) is 5.23. The van der Waals surface area contributed by atoms with Gasteiger partial charge in [-0.15, -0.1) is 0 Å². The predicted molar refractivity (Wildman–Crippen MR) is 133 cm³/mol. The first-order chi connectivity index (χ1) is 16.1. The van der Waals surface area contributed by atoms with Crippen LogP contribution in [0, 0.1) is 11.2 Å². The number of hydrogen-bond donors (Lipinski definition) is 1. The summed E-state index contributed by atoms with van der Waals surface area (Å²) in [5.41, 5.74) is 1.96. The quantitative estimate of drug-likeness (QED) is 0.344. The van der Waals surface area contributed by atoms with Crippen LogP contribution in [0.15, 0.2) is 72.9 Å². The van der Waals surface area contributed by atoms with E-state index in [0.717, 1.165) is 22.2 Å². The number of amides is 1. The van der Waals surface area contributed by atoms with Crippen LogP contribution in [0.1, 0.15) is 39.4 Å². The Kier molecular flexibility index (Phi) is 6.62. The van der Waals surface area contributed by atoms with Crippen molar-refractivity contribution in [2.45, 2.75) is 39.8 Å². The van der Waals surface area contributed by atoms with E-state index in [1.165, 1.54) is 12.1 Å². The zero-order chi connectivity index (χ0) is 24.5. The molecular weight excluding hydrogens is 453 g/mol. The number of nitrogens with zero attached hydrogens (tertiary/aromatic N) is 2. The Morgan fingerprint density at radius 3 is 2.50 bits per heavy atom. The van der Waals surface area contributed by atoms with Crippen molar-refractivity contribution in [3.05, 3.63) is 89.3 Å². The van der Waals surface area contributed by atoms with Gasteiger partial charge in [0, 0.05) is 15.8 Å². The van der Waals surface area contributed by atoms with Crippen LogP contribution in [-0.2, 0) is 4.79 Å². The number of hydrogen-bond acceptors (Lipinski definition) is 3. The van der Waals surface area contributed by atoms with E-state index in [2.05, 4.69) is 10.4 Å². The lowest BCUT2D eigenvalue weighted by molar-refractivity contribution is -0.129. The van der Waals surface area contributed by atoms with Gasteiger partial charge in [0.25, 0.3) is 0 Å². The van der Waals surface area contributed by atoms with Crippen molar-refractivity contribution in [1.82, 2.24) is 15.1 Å². The van der Waals surface area contributed by atoms with E-state index < -0.39 is 11.5 Å². The average molecular weight is 480 g/mol. The molecule has 1 aromatic heterocycles. The van der Waals surface area contributed by atoms with Crippen molar-refractivity contribution >= 4 is 28.4 Å². The largest absolute Gasteiger partial charge is 0.484 e. The minimum atomic E-state index is -0.527. The summed E-state index contributed by atoms with van der Waals surface area (Å²) in [5.74, 6) is 0.273. The molecule has 176 valence electrons. The molecule has 4 aromatic rings. The Morgan fingerprint density at radius 2 is 1.82 bits per heavy atom. The smallest absolute Gasteiger partial charge is 0.225 e. The van der Waals surface area contributed by atoms with Crippen LogP contribution in [0.4, 0.5) is 4.39 Å². The van der Waals surface area contributed by atoms with Gasteiger partial charge in [0.15, 0.2) is 0 Å². The molecule has 0 unspecified atom stereocenters. The summed E-state index contributed by atoms with van der Waals surface area (Å²) in [6.07, 6.45) is 1.28. The maximum Gasteiger partial charge on any atom is 0.225 e. The van der Waals surface area contributed by atoms with Crippen LogP contribution in [0.25, 0.3) is 16.6 Å². The Morgan fingerprint density at radius 1 is 1.09 bits per heavy atom. The Bertz CT molecular complexity index is 1310. The molecule has 0 saturated carbocycles. The summed E-state index contributed by atoms with van der Waals surface area (Å²) in [5, 5.41) is 8.99. The molecule has 34 heavy (non-hydrogen) atoms. The van der Waals surface area contributed by atoms with Crippen LogP contribution < -0.4 is 10.1 Å². The first kappa shape index (κ1) is 23.8. The second kappa shape index (κ2) is 9.47. The lowest BCUT2D eigenvalue weighted by Gasteiger charge is -2.29. The number of fused-ring (bicyclic) bond motifs is 1. The highest BCUT2D eigenvalue weighted by Crippen LogP contribution is 2.30. The third-order valence-electron chi connectivity index (χ3n) is 5.55. The predicted octanol–water partition coefficient (Wildman–Crippen LogP) is 6.49. The van der Waals surface area contributed by atoms with E-state index in [1.54, 1.807) is 29.1 Å². The van der Waals surface area contributed by atoms with Crippen molar-refractivity contribution in [2.24, 2.45) is 5.41 Å². The molecule has 1 N–H and O–H groups in total. The van der Waals surface area contributed by atoms with Gasteiger partial charge in [-0.3, -0.25) is 4.79 Å². The second-order valence-corrected chi connectivity index (χ2v) is 9.80. The molecule has 5 nitrogen and oxygen atoms in total. The first-order valence-corrected chi connectivity index (χ1v) is 11.5. The summed E-state index contributed by atoms with van der Waals surface area (Å²) >= 11 is 6.25. The van der Waals surface area contributed by atoms with E-state index in [4.69, 9.17) is 16.3 Å². The van der Waals surface area contributed by atoms with Crippen LogP contribution >= 0.6 is 11.6 Å². The van der Waals surface area contributed by atoms with E-state index in [0.29, 0.717) is 10.8 Å². The molecule has 0 spiro atoms. The Hall–Kier alpha value is -3.38. The molecule has 1 heterocycles. The average Bonchev–Trinajstić information content (AvgIpc) is 3.20. The minimum absolute atomic E-state index is 0.0633. The van der Waals surface area contributed by atoms with Crippen molar-refractivity contribution < 1.29 is 13.9 Å². The maximum atomic E-state index is 13.3. The lowest BCUT2D eigenvalue weighted by atomic mass is 9.94. The molecule has 3 aromatic carbocycles. The standard InChI is InChI=1S/C27H27ClFN3O2/c1-17(31-26(33)27(2,3)4)25(18-6-5-7-20(28)14-18)34-23-12-13-24-19(15-23)16-30-32(24)22-10-8-21(29)9-11-22/h5-17,25H,1-4H3,(H,31,33)/t17-,25+/m0/s1. The number of nitrogens with one attached hydrogen (secondary N) is 1. The molecule has 1 amide bonds. The maximum absolute atomic E-state index is 13.3. The van der Waals surface area contributed by atoms with Gasteiger partial charge in [0.2, 0.25) is 5.91 Å². The molecule has 0 radical (unpaired) electrons. The van der Waals surface area contributed by atoms with Gasteiger partial charge in [0.1, 0.15) is 17.7 Å². The van der Waals surface area contributed by atoms with Crippen LogP contribution in [0.3, 0.4) is 0 Å². The SMILES string of the molecule is C[C@H](NC(=O)C(C)(C)C)[C@@H](Oc1ccc2c(cnn2-c2ccc(F)cc2)c1)c1cccc(Cl)c1.